The molecule has 0 radical (unpaired) electrons. The van der Waals surface area contributed by atoms with Crippen molar-refractivity contribution in [3.05, 3.63) is 29.3 Å². The molecule has 0 aliphatic carbocycles. The van der Waals surface area contributed by atoms with E-state index in [1.807, 2.05) is 12.1 Å². The number of carbonyl (C=O) groups excluding carboxylic acids is 2. The minimum atomic E-state index is -0.0573. The Hall–Kier alpha value is -1.92. The quantitative estimate of drug-likeness (QED) is 0.845. The minimum absolute atomic E-state index is 0.0117. The van der Waals surface area contributed by atoms with Crippen molar-refractivity contribution >= 4 is 17.5 Å². The van der Waals surface area contributed by atoms with Crippen LogP contribution in [-0.2, 0) is 16.0 Å². The molecule has 0 unspecified atom stereocenters. The van der Waals surface area contributed by atoms with E-state index in [4.69, 9.17) is 4.74 Å². The summed E-state index contributed by atoms with van der Waals surface area (Å²) in [6, 6.07) is 5.61. The number of benzene rings is 1. The Kier molecular flexibility index (Phi) is 5.39. The predicted octanol–water partition coefficient (Wildman–Crippen LogP) is 1.34. The monoisotopic (exact) mass is 345 g/mol. The SMILES string of the molecule is COCC1(CNC(=O)c2ccc3c(c2)CCN3C(C)=O)CCNCC1. The van der Waals surface area contributed by atoms with Gasteiger partial charge in [0, 0.05) is 43.8 Å². The molecule has 0 aromatic heterocycles. The molecule has 1 fully saturated rings. The van der Waals surface area contributed by atoms with Gasteiger partial charge in [0.25, 0.3) is 5.91 Å². The molecule has 2 amide bonds. The van der Waals surface area contributed by atoms with Gasteiger partial charge in [-0.15, -0.1) is 0 Å². The Labute approximate surface area is 148 Å². The number of hydrogen-bond acceptors (Lipinski definition) is 4. The van der Waals surface area contributed by atoms with Gasteiger partial charge < -0.3 is 20.3 Å². The van der Waals surface area contributed by atoms with E-state index >= 15 is 0 Å². The van der Waals surface area contributed by atoms with E-state index in [0.717, 1.165) is 43.6 Å². The summed E-state index contributed by atoms with van der Waals surface area (Å²) >= 11 is 0. The van der Waals surface area contributed by atoms with Crippen molar-refractivity contribution in [2.75, 3.05) is 44.8 Å². The molecule has 2 heterocycles. The standard InChI is InChI=1S/C19H27N3O3/c1-14(23)22-10-5-15-11-16(3-4-17(15)22)18(24)21-12-19(13-25-2)6-8-20-9-7-19/h3-4,11,20H,5-10,12-13H2,1-2H3,(H,21,24). The number of fused-ring (bicyclic) bond motifs is 1. The van der Waals surface area contributed by atoms with Gasteiger partial charge in [-0.3, -0.25) is 9.59 Å². The Morgan fingerprint density at radius 3 is 2.76 bits per heavy atom. The minimum Gasteiger partial charge on any atom is -0.384 e. The summed E-state index contributed by atoms with van der Waals surface area (Å²) in [4.78, 5) is 26.0. The Balaban J connectivity index is 1.66. The number of carbonyl (C=O) groups is 2. The molecule has 6 heteroatoms. The normalized spacial score (nSPS) is 18.7. The highest BCUT2D eigenvalue weighted by molar-refractivity contribution is 5.97. The van der Waals surface area contributed by atoms with Crippen LogP contribution >= 0.6 is 0 Å². The van der Waals surface area contributed by atoms with Crippen molar-refractivity contribution in [2.45, 2.75) is 26.2 Å². The Morgan fingerprint density at radius 1 is 1.32 bits per heavy atom. The molecule has 3 rings (SSSR count). The fraction of sp³-hybridized carbons (Fsp3) is 0.579. The summed E-state index contributed by atoms with van der Waals surface area (Å²) < 4.78 is 5.40. The second-order valence-electron chi connectivity index (χ2n) is 7.13. The first-order chi connectivity index (χ1) is 12.0. The van der Waals surface area contributed by atoms with Crippen molar-refractivity contribution in [3.63, 3.8) is 0 Å². The average molecular weight is 345 g/mol. The summed E-state index contributed by atoms with van der Waals surface area (Å²) in [5.41, 5.74) is 2.66. The second-order valence-corrected chi connectivity index (χ2v) is 7.13. The van der Waals surface area contributed by atoms with E-state index in [9.17, 15) is 9.59 Å². The van der Waals surface area contributed by atoms with Crippen molar-refractivity contribution in [1.29, 1.82) is 0 Å². The summed E-state index contributed by atoms with van der Waals surface area (Å²) in [6.45, 7) is 5.46. The smallest absolute Gasteiger partial charge is 0.251 e. The molecule has 0 atom stereocenters. The van der Waals surface area contributed by atoms with Gasteiger partial charge in [0.2, 0.25) is 5.91 Å². The van der Waals surface area contributed by atoms with Gasteiger partial charge in [0.1, 0.15) is 0 Å². The maximum Gasteiger partial charge on any atom is 0.251 e. The van der Waals surface area contributed by atoms with Gasteiger partial charge in [-0.05, 0) is 56.1 Å². The molecular weight excluding hydrogens is 318 g/mol. The third-order valence-electron chi connectivity index (χ3n) is 5.36. The molecule has 25 heavy (non-hydrogen) atoms. The predicted molar refractivity (Wildman–Crippen MR) is 96.9 cm³/mol. The van der Waals surface area contributed by atoms with Crippen molar-refractivity contribution in [2.24, 2.45) is 5.41 Å². The lowest BCUT2D eigenvalue weighted by molar-refractivity contribution is -0.116. The number of nitrogens with zero attached hydrogens (tertiary/aromatic N) is 1. The Bertz CT molecular complexity index is 648. The number of methoxy groups -OCH3 is 1. The molecular formula is C19H27N3O3. The van der Waals surface area contributed by atoms with Gasteiger partial charge in [0.05, 0.1) is 6.61 Å². The van der Waals surface area contributed by atoms with Crippen LogP contribution in [0.25, 0.3) is 0 Å². The van der Waals surface area contributed by atoms with E-state index in [1.165, 1.54) is 0 Å². The van der Waals surface area contributed by atoms with Crippen LogP contribution in [0.4, 0.5) is 5.69 Å². The molecule has 136 valence electrons. The largest absolute Gasteiger partial charge is 0.384 e. The van der Waals surface area contributed by atoms with E-state index in [1.54, 1.807) is 25.0 Å². The number of ether oxygens (including phenoxy) is 1. The van der Waals surface area contributed by atoms with Crippen molar-refractivity contribution in [1.82, 2.24) is 10.6 Å². The van der Waals surface area contributed by atoms with E-state index in [0.29, 0.717) is 25.3 Å². The molecule has 1 aromatic rings. The molecule has 6 nitrogen and oxygen atoms in total. The summed E-state index contributed by atoms with van der Waals surface area (Å²) in [5, 5.41) is 6.45. The van der Waals surface area contributed by atoms with Gasteiger partial charge in [-0.1, -0.05) is 0 Å². The van der Waals surface area contributed by atoms with Crippen molar-refractivity contribution < 1.29 is 14.3 Å². The number of rotatable bonds is 5. The van der Waals surface area contributed by atoms with Crippen LogP contribution in [0, 0.1) is 5.41 Å². The lowest BCUT2D eigenvalue weighted by Crippen LogP contribution is -2.47. The lowest BCUT2D eigenvalue weighted by Gasteiger charge is -2.37. The first-order valence-electron chi connectivity index (χ1n) is 8.94. The molecule has 2 aliphatic heterocycles. The van der Waals surface area contributed by atoms with Crippen LogP contribution < -0.4 is 15.5 Å². The third-order valence-corrected chi connectivity index (χ3v) is 5.36. The molecule has 2 N–H and O–H groups in total. The van der Waals surface area contributed by atoms with Gasteiger partial charge in [-0.25, -0.2) is 0 Å². The zero-order valence-electron chi connectivity index (χ0n) is 15.1. The maximum absolute atomic E-state index is 12.6. The second kappa shape index (κ2) is 7.54. The summed E-state index contributed by atoms with van der Waals surface area (Å²) in [6.07, 6.45) is 2.80. The molecule has 1 saturated heterocycles. The van der Waals surface area contributed by atoms with Crippen LogP contribution in [-0.4, -0.2) is 51.7 Å². The first kappa shape index (κ1) is 17.9. The highest BCUT2D eigenvalue weighted by atomic mass is 16.5. The zero-order chi connectivity index (χ0) is 17.9. The van der Waals surface area contributed by atoms with Gasteiger partial charge in [-0.2, -0.15) is 0 Å². The highest BCUT2D eigenvalue weighted by Gasteiger charge is 2.32. The molecule has 0 saturated carbocycles. The fourth-order valence-electron chi connectivity index (χ4n) is 3.88. The van der Waals surface area contributed by atoms with Crippen LogP contribution in [0.2, 0.25) is 0 Å². The summed E-state index contributed by atoms with van der Waals surface area (Å²) in [7, 11) is 1.72. The first-order valence-corrected chi connectivity index (χ1v) is 8.94. The van der Waals surface area contributed by atoms with Crippen LogP contribution in [0.3, 0.4) is 0 Å². The van der Waals surface area contributed by atoms with E-state index in [2.05, 4.69) is 10.6 Å². The van der Waals surface area contributed by atoms with Gasteiger partial charge >= 0.3 is 0 Å². The number of anilines is 1. The van der Waals surface area contributed by atoms with Crippen LogP contribution in [0.5, 0.6) is 0 Å². The average Bonchev–Trinajstić information content (AvgIpc) is 3.04. The highest BCUT2D eigenvalue weighted by Crippen LogP contribution is 2.30. The fourth-order valence-corrected chi connectivity index (χ4v) is 3.88. The van der Waals surface area contributed by atoms with Crippen LogP contribution in [0.15, 0.2) is 18.2 Å². The lowest BCUT2D eigenvalue weighted by atomic mass is 9.79. The van der Waals surface area contributed by atoms with Crippen molar-refractivity contribution in [3.8, 4) is 0 Å². The number of amides is 2. The maximum atomic E-state index is 12.6. The topological polar surface area (TPSA) is 70.7 Å². The van der Waals surface area contributed by atoms with E-state index in [-0.39, 0.29) is 17.2 Å². The third kappa shape index (κ3) is 3.85. The number of nitrogens with one attached hydrogen (secondary N) is 2. The van der Waals surface area contributed by atoms with E-state index < -0.39 is 0 Å². The number of hydrogen-bond donors (Lipinski definition) is 2. The molecule has 2 aliphatic rings. The number of piperidine rings is 1. The van der Waals surface area contributed by atoms with Crippen LogP contribution in [0.1, 0.15) is 35.7 Å². The summed E-state index contributed by atoms with van der Waals surface area (Å²) in [5.74, 6) is -0.0125. The zero-order valence-corrected chi connectivity index (χ0v) is 15.1. The molecule has 0 bridgehead atoms. The molecule has 1 aromatic carbocycles. The molecule has 0 spiro atoms. The van der Waals surface area contributed by atoms with Gasteiger partial charge in [0.15, 0.2) is 0 Å². The Morgan fingerprint density at radius 2 is 2.08 bits per heavy atom.